The highest BCUT2D eigenvalue weighted by atomic mass is 19.1. The minimum atomic E-state index is -0.499. The summed E-state index contributed by atoms with van der Waals surface area (Å²) in [6.07, 6.45) is 0. The van der Waals surface area contributed by atoms with Crippen molar-refractivity contribution < 1.29 is 13.9 Å². The molecule has 0 bridgehead atoms. The summed E-state index contributed by atoms with van der Waals surface area (Å²) < 4.78 is 21.4. The van der Waals surface area contributed by atoms with Crippen LogP contribution in [0.4, 0.5) is 10.1 Å². The van der Waals surface area contributed by atoms with Crippen LogP contribution in [0.15, 0.2) is 78.9 Å². The lowest BCUT2D eigenvalue weighted by atomic mass is 10.1. The van der Waals surface area contributed by atoms with Gasteiger partial charge >= 0.3 is 0 Å². The molecule has 0 aliphatic rings. The lowest BCUT2D eigenvalue weighted by Crippen LogP contribution is -2.17. The maximum Gasteiger partial charge on any atom is 0.250 e. The van der Waals surface area contributed by atoms with Gasteiger partial charge < -0.3 is 25.3 Å². The molecule has 0 radical (unpaired) electrons. The number of nitrogens with zero attached hydrogens (tertiary/aromatic N) is 2. The van der Waals surface area contributed by atoms with Gasteiger partial charge in [-0.15, -0.1) is 0 Å². The second-order valence-electron chi connectivity index (χ2n) is 9.02. The van der Waals surface area contributed by atoms with Gasteiger partial charge in [-0.3, -0.25) is 4.79 Å². The molecule has 1 amide bonds. The average molecular weight is 508 g/mol. The number of aromatic amines is 1. The first-order valence-corrected chi connectivity index (χ1v) is 12.5. The standard InChI is InChI=1S/C30H26FN5O2/c1-2-38-15-14-33-24-17-19(11-12-20(24)29(32)37)36-26-8-4-3-6-21(26)28-22(7-5-9-27(28)36)30-34-23-13-10-18(31)16-25(23)35-30/h3-13,16-17,33H,2,14-15H2,1H3,(H2,32,37)(H,34,35). The van der Waals surface area contributed by atoms with E-state index >= 15 is 0 Å². The maximum atomic E-state index is 13.8. The molecule has 7 nitrogen and oxygen atoms in total. The summed E-state index contributed by atoms with van der Waals surface area (Å²) in [5.74, 6) is -0.143. The number of hydrogen-bond donors (Lipinski definition) is 3. The summed E-state index contributed by atoms with van der Waals surface area (Å²) in [5, 5.41) is 5.37. The van der Waals surface area contributed by atoms with E-state index in [4.69, 9.17) is 15.5 Å². The lowest BCUT2D eigenvalue weighted by Gasteiger charge is -2.14. The highest BCUT2D eigenvalue weighted by molar-refractivity contribution is 6.15. The molecule has 0 atom stereocenters. The minimum absolute atomic E-state index is 0.312. The fraction of sp³-hybridized carbons (Fsp3) is 0.133. The van der Waals surface area contributed by atoms with Crippen molar-refractivity contribution in [3.05, 3.63) is 90.2 Å². The van der Waals surface area contributed by atoms with Crippen LogP contribution in [0.1, 0.15) is 17.3 Å². The van der Waals surface area contributed by atoms with Crippen LogP contribution in [0.2, 0.25) is 0 Å². The molecule has 190 valence electrons. The predicted molar refractivity (Wildman–Crippen MR) is 149 cm³/mol. The molecule has 0 unspecified atom stereocenters. The van der Waals surface area contributed by atoms with Gasteiger partial charge in [-0.25, -0.2) is 9.37 Å². The van der Waals surface area contributed by atoms with Crippen LogP contribution in [0, 0.1) is 5.82 Å². The van der Waals surface area contributed by atoms with E-state index in [0.717, 1.165) is 33.1 Å². The number of hydrogen-bond acceptors (Lipinski definition) is 4. The summed E-state index contributed by atoms with van der Waals surface area (Å²) in [5.41, 5.74) is 11.9. The van der Waals surface area contributed by atoms with E-state index in [9.17, 15) is 9.18 Å². The van der Waals surface area contributed by atoms with Gasteiger partial charge in [0.05, 0.1) is 34.2 Å². The van der Waals surface area contributed by atoms with Crippen LogP contribution in [0.25, 0.3) is 49.9 Å². The van der Waals surface area contributed by atoms with E-state index in [1.54, 1.807) is 12.1 Å². The second kappa shape index (κ2) is 9.64. The molecule has 38 heavy (non-hydrogen) atoms. The Morgan fingerprint density at radius 3 is 2.74 bits per heavy atom. The molecule has 2 heterocycles. The zero-order valence-electron chi connectivity index (χ0n) is 20.8. The Labute approximate surface area is 218 Å². The molecule has 0 fully saturated rings. The van der Waals surface area contributed by atoms with Gasteiger partial charge in [0.25, 0.3) is 5.91 Å². The molecule has 0 saturated heterocycles. The van der Waals surface area contributed by atoms with Gasteiger partial charge in [0.1, 0.15) is 11.6 Å². The number of carbonyl (C=O) groups excluding carboxylic acids is 1. The number of carbonyl (C=O) groups is 1. The van der Waals surface area contributed by atoms with Crippen molar-refractivity contribution in [3.63, 3.8) is 0 Å². The Morgan fingerprint density at radius 2 is 1.89 bits per heavy atom. The molecule has 0 saturated carbocycles. The monoisotopic (exact) mass is 507 g/mol. The molecule has 2 aromatic heterocycles. The zero-order chi connectivity index (χ0) is 26.2. The molecule has 8 heteroatoms. The van der Waals surface area contributed by atoms with Gasteiger partial charge in [-0.05, 0) is 55.5 Å². The first-order chi connectivity index (χ1) is 18.5. The van der Waals surface area contributed by atoms with E-state index in [1.807, 2.05) is 43.3 Å². The number of rotatable bonds is 8. The smallest absolute Gasteiger partial charge is 0.250 e. The summed E-state index contributed by atoms with van der Waals surface area (Å²) in [6.45, 7) is 3.62. The van der Waals surface area contributed by atoms with Gasteiger partial charge in [-0.2, -0.15) is 0 Å². The summed E-state index contributed by atoms with van der Waals surface area (Å²) in [6, 6.07) is 24.4. The Morgan fingerprint density at radius 1 is 1.05 bits per heavy atom. The average Bonchev–Trinajstić information content (AvgIpc) is 3.49. The molecule has 0 spiro atoms. The van der Waals surface area contributed by atoms with Crippen molar-refractivity contribution in [3.8, 4) is 17.1 Å². The quantitative estimate of drug-likeness (QED) is 0.220. The number of halogens is 1. The maximum absolute atomic E-state index is 13.8. The lowest BCUT2D eigenvalue weighted by molar-refractivity contribution is 0.100. The largest absolute Gasteiger partial charge is 0.382 e. The van der Waals surface area contributed by atoms with E-state index in [-0.39, 0.29) is 5.82 Å². The molecule has 6 aromatic rings. The number of H-pyrrole nitrogens is 1. The van der Waals surface area contributed by atoms with Crippen molar-refractivity contribution in [1.29, 1.82) is 0 Å². The summed E-state index contributed by atoms with van der Waals surface area (Å²) in [4.78, 5) is 20.2. The zero-order valence-corrected chi connectivity index (χ0v) is 20.8. The third kappa shape index (κ3) is 4.05. The van der Waals surface area contributed by atoms with Crippen molar-refractivity contribution >= 4 is 44.4 Å². The number of ether oxygens (including phenoxy) is 1. The fourth-order valence-corrected chi connectivity index (χ4v) is 5.04. The van der Waals surface area contributed by atoms with Crippen LogP contribution in [-0.2, 0) is 4.74 Å². The van der Waals surface area contributed by atoms with Crippen LogP contribution < -0.4 is 11.1 Å². The third-order valence-corrected chi connectivity index (χ3v) is 6.69. The summed E-state index contributed by atoms with van der Waals surface area (Å²) in [7, 11) is 0. The van der Waals surface area contributed by atoms with Crippen LogP contribution in [0.5, 0.6) is 0 Å². The summed E-state index contributed by atoms with van der Waals surface area (Å²) >= 11 is 0. The van der Waals surface area contributed by atoms with Gasteiger partial charge in [0, 0.05) is 40.9 Å². The Hall–Kier alpha value is -4.69. The first-order valence-electron chi connectivity index (χ1n) is 12.5. The van der Waals surface area contributed by atoms with Gasteiger partial charge in [0.15, 0.2) is 0 Å². The van der Waals surface area contributed by atoms with Gasteiger partial charge in [0.2, 0.25) is 0 Å². The molecule has 0 aliphatic carbocycles. The van der Waals surface area contributed by atoms with E-state index < -0.39 is 5.91 Å². The number of aromatic nitrogens is 3. The highest BCUT2D eigenvalue weighted by Gasteiger charge is 2.19. The van der Waals surface area contributed by atoms with E-state index in [1.165, 1.54) is 12.1 Å². The van der Waals surface area contributed by atoms with Crippen molar-refractivity contribution in [2.75, 3.05) is 25.1 Å². The third-order valence-electron chi connectivity index (χ3n) is 6.69. The van der Waals surface area contributed by atoms with Gasteiger partial charge in [-0.1, -0.05) is 30.3 Å². The molecule has 0 aliphatic heterocycles. The van der Waals surface area contributed by atoms with Crippen LogP contribution in [0.3, 0.4) is 0 Å². The fourth-order valence-electron chi connectivity index (χ4n) is 5.04. The topological polar surface area (TPSA) is 98.0 Å². The molecular weight excluding hydrogens is 481 g/mol. The number of nitrogens with one attached hydrogen (secondary N) is 2. The number of anilines is 1. The minimum Gasteiger partial charge on any atom is -0.382 e. The second-order valence-corrected chi connectivity index (χ2v) is 9.02. The SMILES string of the molecule is CCOCCNc1cc(-n2c3ccccc3c3c(-c4nc5ccc(F)cc5[nH]4)cccc32)ccc1C(N)=O. The van der Waals surface area contributed by atoms with Crippen molar-refractivity contribution in [1.82, 2.24) is 14.5 Å². The predicted octanol–water partition coefficient (Wildman–Crippen LogP) is 6.01. The van der Waals surface area contributed by atoms with Crippen LogP contribution >= 0.6 is 0 Å². The Bertz CT molecular complexity index is 1820. The van der Waals surface area contributed by atoms with E-state index in [2.05, 4.69) is 33.1 Å². The van der Waals surface area contributed by atoms with Crippen molar-refractivity contribution in [2.45, 2.75) is 6.92 Å². The first kappa shape index (κ1) is 23.7. The van der Waals surface area contributed by atoms with Crippen molar-refractivity contribution in [2.24, 2.45) is 5.73 Å². The van der Waals surface area contributed by atoms with E-state index in [0.29, 0.717) is 47.9 Å². The number of amides is 1. The van der Waals surface area contributed by atoms with Crippen LogP contribution in [-0.4, -0.2) is 40.2 Å². The molecule has 4 aromatic carbocycles. The Balaban J connectivity index is 1.55. The number of primary amides is 1. The molecular formula is C30H26FN5O2. The highest BCUT2D eigenvalue weighted by Crippen LogP contribution is 2.38. The number of nitrogens with two attached hydrogens (primary N) is 1. The molecule has 6 rings (SSSR count). The number of benzene rings is 4. The number of fused-ring (bicyclic) bond motifs is 4. The number of imidazole rings is 1. The number of para-hydroxylation sites is 1. The normalized spacial score (nSPS) is 11.5. The Kier molecular flexibility index (Phi) is 6.01. The molecule has 4 N–H and O–H groups in total.